The molecule has 1 amide bonds. The van der Waals surface area contributed by atoms with Gasteiger partial charge >= 0.3 is 0 Å². The fourth-order valence-electron chi connectivity index (χ4n) is 2.26. The minimum atomic E-state index is -0.252. The summed E-state index contributed by atoms with van der Waals surface area (Å²) >= 11 is 0. The van der Waals surface area contributed by atoms with E-state index in [-0.39, 0.29) is 17.8 Å². The summed E-state index contributed by atoms with van der Waals surface area (Å²) in [5.74, 6) is 0.280. The van der Waals surface area contributed by atoms with Crippen molar-refractivity contribution < 1.29 is 9.18 Å². The molecule has 0 aromatic heterocycles. The second-order valence-electron chi connectivity index (χ2n) is 5.09. The van der Waals surface area contributed by atoms with Gasteiger partial charge in [-0.25, -0.2) is 4.39 Å². The average molecular weight is 250 g/mol. The Labute approximate surface area is 107 Å². The lowest BCUT2D eigenvalue weighted by Crippen LogP contribution is -2.45. The van der Waals surface area contributed by atoms with Gasteiger partial charge < -0.3 is 10.6 Å². The maximum Gasteiger partial charge on any atom is 0.241 e. The van der Waals surface area contributed by atoms with E-state index in [1.807, 2.05) is 0 Å². The van der Waals surface area contributed by atoms with Crippen LogP contribution in [0.2, 0.25) is 0 Å². The molecule has 0 radical (unpaired) electrons. The predicted molar refractivity (Wildman–Crippen MR) is 70.0 cm³/mol. The van der Waals surface area contributed by atoms with Crippen molar-refractivity contribution in [3.8, 4) is 0 Å². The first-order valence-corrected chi connectivity index (χ1v) is 6.36. The van der Waals surface area contributed by atoms with Crippen LogP contribution in [0.15, 0.2) is 18.2 Å². The number of piperidine rings is 1. The van der Waals surface area contributed by atoms with Gasteiger partial charge in [0, 0.05) is 5.69 Å². The molecule has 0 bridgehead atoms. The SMILES string of the molecule is Cc1cc(NC(=O)C2CC(C)CCN2)ccc1F. The maximum absolute atomic E-state index is 13.1. The summed E-state index contributed by atoms with van der Waals surface area (Å²) < 4.78 is 13.1. The highest BCUT2D eigenvalue weighted by Crippen LogP contribution is 2.18. The maximum atomic E-state index is 13.1. The van der Waals surface area contributed by atoms with Gasteiger partial charge in [-0.15, -0.1) is 0 Å². The van der Waals surface area contributed by atoms with E-state index in [0.717, 1.165) is 19.4 Å². The molecule has 0 aliphatic carbocycles. The lowest BCUT2D eigenvalue weighted by molar-refractivity contribution is -0.119. The normalized spacial score (nSPS) is 23.7. The first-order valence-electron chi connectivity index (χ1n) is 6.36. The smallest absolute Gasteiger partial charge is 0.241 e. The zero-order valence-corrected chi connectivity index (χ0v) is 10.8. The zero-order valence-electron chi connectivity index (χ0n) is 10.8. The number of nitrogens with one attached hydrogen (secondary N) is 2. The lowest BCUT2D eigenvalue weighted by atomic mass is 9.94. The molecule has 4 heteroatoms. The van der Waals surface area contributed by atoms with Gasteiger partial charge in [-0.2, -0.15) is 0 Å². The number of hydrogen-bond donors (Lipinski definition) is 2. The number of benzene rings is 1. The van der Waals surface area contributed by atoms with Gasteiger partial charge in [-0.1, -0.05) is 6.92 Å². The summed E-state index contributed by atoms with van der Waals surface area (Å²) in [4.78, 5) is 12.0. The number of halogens is 1. The number of anilines is 1. The highest BCUT2D eigenvalue weighted by molar-refractivity contribution is 5.94. The van der Waals surface area contributed by atoms with Crippen molar-refractivity contribution in [2.24, 2.45) is 5.92 Å². The quantitative estimate of drug-likeness (QED) is 0.846. The molecule has 1 aliphatic heterocycles. The molecular formula is C14H19FN2O. The number of hydrogen-bond acceptors (Lipinski definition) is 2. The highest BCUT2D eigenvalue weighted by Gasteiger charge is 2.24. The van der Waals surface area contributed by atoms with E-state index in [4.69, 9.17) is 0 Å². The summed E-state index contributed by atoms with van der Waals surface area (Å²) in [5.41, 5.74) is 1.19. The largest absolute Gasteiger partial charge is 0.325 e. The van der Waals surface area contributed by atoms with Crippen LogP contribution in [0.5, 0.6) is 0 Å². The minimum absolute atomic E-state index is 0.0347. The van der Waals surface area contributed by atoms with Crippen LogP contribution in [0, 0.1) is 18.7 Å². The molecule has 98 valence electrons. The summed E-state index contributed by atoms with van der Waals surface area (Å²) in [7, 11) is 0. The molecule has 1 aromatic rings. The first-order chi connectivity index (χ1) is 8.56. The van der Waals surface area contributed by atoms with Crippen molar-refractivity contribution in [2.45, 2.75) is 32.7 Å². The van der Waals surface area contributed by atoms with Crippen LogP contribution in [0.25, 0.3) is 0 Å². The Morgan fingerprint density at radius 3 is 2.94 bits per heavy atom. The second-order valence-corrected chi connectivity index (χ2v) is 5.09. The van der Waals surface area contributed by atoms with Crippen LogP contribution in [-0.2, 0) is 4.79 Å². The molecule has 0 saturated carbocycles. The van der Waals surface area contributed by atoms with E-state index in [1.165, 1.54) is 6.07 Å². The van der Waals surface area contributed by atoms with E-state index < -0.39 is 0 Å². The standard InChI is InChI=1S/C14H19FN2O/c1-9-5-6-16-13(7-9)14(18)17-11-3-4-12(15)10(2)8-11/h3-4,8-9,13,16H,5-7H2,1-2H3,(H,17,18). The van der Waals surface area contributed by atoms with Gasteiger partial charge in [0.05, 0.1) is 6.04 Å². The van der Waals surface area contributed by atoms with Crippen molar-refractivity contribution in [3.63, 3.8) is 0 Å². The van der Waals surface area contributed by atoms with Crippen LogP contribution >= 0.6 is 0 Å². The minimum Gasteiger partial charge on any atom is -0.325 e. The molecule has 18 heavy (non-hydrogen) atoms. The van der Waals surface area contributed by atoms with Crippen molar-refractivity contribution in [3.05, 3.63) is 29.6 Å². The van der Waals surface area contributed by atoms with Crippen LogP contribution in [0.3, 0.4) is 0 Å². The third kappa shape index (κ3) is 3.07. The second kappa shape index (κ2) is 5.48. The van der Waals surface area contributed by atoms with E-state index >= 15 is 0 Å². The molecule has 3 nitrogen and oxygen atoms in total. The van der Waals surface area contributed by atoms with E-state index in [2.05, 4.69) is 17.6 Å². The fourth-order valence-corrected chi connectivity index (χ4v) is 2.26. The Balaban J connectivity index is 2.00. The Hall–Kier alpha value is -1.42. The summed E-state index contributed by atoms with van der Waals surface area (Å²) in [5, 5.41) is 6.04. The van der Waals surface area contributed by atoms with Crippen molar-refractivity contribution in [1.82, 2.24) is 5.32 Å². The number of rotatable bonds is 2. The molecule has 2 rings (SSSR count). The van der Waals surface area contributed by atoms with Gasteiger partial charge in [-0.05, 0) is 56.0 Å². The van der Waals surface area contributed by atoms with Crippen LogP contribution in [0.4, 0.5) is 10.1 Å². The molecule has 1 heterocycles. The summed E-state index contributed by atoms with van der Waals surface area (Å²) in [6.07, 6.45) is 1.96. The van der Waals surface area contributed by atoms with Gasteiger partial charge in [0.15, 0.2) is 0 Å². The van der Waals surface area contributed by atoms with E-state index in [9.17, 15) is 9.18 Å². The topological polar surface area (TPSA) is 41.1 Å². The summed E-state index contributed by atoms with van der Waals surface area (Å²) in [6.45, 7) is 4.72. The van der Waals surface area contributed by atoms with Crippen molar-refractivity contribution in [1.29, 1.82) is 0 Å². The van der Waals surface area contributed by atoms with E-state index in [1.54, 1.807) is 19.1 Å². The molecule has 2 N–H and O–H groups in total. The summed E-state index contributed by atoms with van der Waals surface area (Å²) in [6, 6.07) is 4.48. The molecule has 0 spiro atoms. The molecule has 2 atom stereocenters. The number of carbonyl (C=O) groups is 1. The molecular weight excluding hydrogens is 231 g/mol. The third-order valence-electron chi connectivity index (χ3n) is 3.41. The molecule has 1 aromatic carbocycles. The zero-order chi connectivity index (χ0) is 13.1. The van der Waals surface area contributed by atoms with Crippen LogP contribution in [0.1, 0.15) is 25.3 Å². The van der Waals surface area contributed by atoms with Crippen LogP contribution in [-0.4, -0.2) is 18.5 Å². The molecule has 1 saturated heterocycles. The van der Waals surface area contributed by atoms with Gasteiger partial charge in [0.25, 0.3) is 0 Å². The monoisotopic (exact) mass is 250 g/mol. The first kappa shape index (κ1) is 13.0. The van der Waals surface area contributed by atoms with E-state index in [0.29, 0.717) is 17.2 Å². The Morgan fingerprint density at radius 2 is 2.28 bits per heavy atom. The van der Waals surface area contributed by atoms with Crippen molar-refractivity contribution >= 4 is 11.6 Å². The molecule has 2 unspecified atom stereocenters. The van der Waals surface area contributed by atoms with Gasteiger partial charge in [-0.3, -0.25) is 4.79 Å². The average Bonchev–Trinajstić information content (AvgIpc) is 2.34. The predicted octanol–water partition coefficient (Wildman–Crippen LogP) is 2.46. The highest BCUT2D eigenvalue weighted by atomic mass is 19.1. The number of amides is 1. The van der Waals surface area contributed by atoms with Gasteiger partial charge in [0.2, 0.25) is 5.91 Å². The van der Waals surface area contributed by atoms with Crippen molar-refractivity contribution in [2.75, 3.05) is 11.9 Å². The Kier molecular flexibility index (Phi) is 3.97. The third-order valence-corrected chi connectivity index (χ3v) is 3.41. The Morgan fingerprint density at radius 1 is 1.50 bits per heavy atom. The lowest BCUT2D eigenvalue weighted by Gasteiger charge is -2.27. The fraction of sp³-hybridized carbons (Fsp3) is 0.500. The molecule has 1 fully saturated rings. The number of carbonyl (C=O) groups excluding carboxylic acids is 1. The van der Waals surface area contributed by atoms with Crippen LogP contribution < -0.4 is 10.6 Å². The van der Waals surface area contributed by atoms with Gasteiger partial charge in [0.1, 0.15) is 5.82 Å². The number of aryl methyl sites for hydroxylation is 1. The Bertz CT molecular complexity index is 447. The molecule has 1 aliphatic rings.